The van der Waals surface area contributed by atoms with Crippen LogP contribution in [0, 0.1) is 5.92 Å². The van der Waals surface area contributed by atoms with Crippen LogP contribution in [0.5, 0.6) is 0 Å². The molecule has 0 saturated heterocycles. The Morgan fingerprint density at radius 3 is 1.39 bits per heavy atom. The number of fused-ring (bicyclic) bond motifs is 2. The first-order valence-electron chi connectivity index (χ1n) is 22.0. The van der Waals surface area contributed by atoms with Gasteiger partial charge in [0.2, 0.25) is 47.3 Å². The number of carbonyl (C=O) groups excluding carboxylic acids is 8. The summed E-state index contributed by atoms with van der Waals surface area (Å²) in [7, 11) is 0. The summed E-state index contributed by atoms with van der Waals surface area (Å²) in [6, 6.07) is 4.27. The van der Waals surface area contributed by atoms with Crippen molar-refractivity contribution in [2.45, 2.75) is 121 Å². The molecule has 0 saturated carbocycles. The zero-order chi connectivity index (χ0) is 49.5. The van der Waals surface area contributed by atoms with E-state index >= 15 is 0 Å². The van der Waals surface area contributed by atoms with Crippen LogP contribution in [-0.2, 0) is 51.2 Å². The van der Waals surface area contributed by atoms with Crippen molar-refractivity contribution in [2.24, 2.45) is 28.9 Å². The van der Waals surface area contributed by atoms with E-state index in [1.807, 2.05) is 18.2 Å². The van der Waals surface area contributed by atoms with Crippen LogP contribution in [-0.4, -0.2) is 128 Å². The van der Waals surface area contributed by atoms with Crippen LogP contribution in [0.15, 0.2) is 60.9 Å². The van der Waals surface area contributed by atoms with Crippen molar-refractivity contribution in [3.8, 4) is 0 Å². The van der Waals surface area contributed by atoms with Gasteiger partial charge in [-0.15, -0.1) is 0 Å². The first kappa shape index (κ1) is 52.7. The number of nitrogens with two attached hydrogens (primary N) is 4. The highest BCUT2D eigenvalue weighted by molar-refractivity contribution is 5.98. The molecule has 0 fully saturated rings. The Labute approximate surface area is 386 Å². The molecule has 364 valence electrons. The van der Waals surface area contributed by atoms with Gasteiger partial charge in [0, 0.05) is 47.0 Å². The van der Waals surface area contributed by atoms with Gasteiger partial charge in [0.05, 0.1) is 24.7 Å². The smallest absolute Gasteiger partial charge is 0.245 e. The highest BCUT2D eigenvalue weighted by atomic mass is 16.3. The lowest BCUT2D eigenvalue weighted by Crippen LogP contribution is -2.63. The van der Waals surface area contributed by atoms with Crippen LogP contribution in [0.4, 0.5) is 0 Å². The summed E-state index contributed by atoms with van der Waals surface area (Å²) in [5.41, 5.74) is 24.8. The third-order valence-corrected chi connectivity index (χ3v) is 11.2. The Morgan fingerprint density at radius 2 is 0.985 bits per heavy atom. The van der Waals surface area contributed by atoms with Crippen molar-refractivity contribution in [2.75, 3.05) is 6.54 Å². The Bertz CT molecular complexity index is 2380. The second-order valence-electron chi connectivity index (χ2n) is 17.0. The van der Waals surface area contributed by atoms with Crippen molar-refractivity contribution in [1.29, 1.82) is 0 Å². The molecule has 18 N–H and O–H groups in total. The fourth-order valence-corrected chi connectivity index (χ4v) is 7.47. The first-order chi connectivity index (χ1) is 31.7. The number of aromatic nitrogens is 2. The van der Waals surface area contributed by atoms with E-state index in [0.29, 0.717) is 34.9 Å². The molecule has 0 bridgehead atoms. The number of benzene rings is 2. The van der Waals surface area contributed by atoms with Gasteiger partial charge in [0.15, 0.2) is 0 Å². The fourth-order valence-electron chi connectivity index (χ4n) is 7.47. The van der Waals surface area contributed by atoms with Gasteiger partial charge in [0.1, 0.15) is 36.3 Å². The number of para-hydroxylation sites is 2. The normalized spacial score (nSPS) is 15.5. The van der Waals surface area contributed by atoms with Crippen LogP contribution in [0.3, 0.4) is 0 Å². The van der Waals surface area contributed by atoms with Gasteiger partial charge in [-0.3, -0.25) is 38.4 Å². The molecule has 0 aliphatic carbocycles. The molecule has 0 aliphatic heterocycles. The molecule has 9 unspecified atom stereocenters. The number of nitrogens with one attached hydrogen (secondary N) is 8. The van der Waals surface area contributed by atoms with Crippen LogP contribution in [0.25, 0.3) is 21.8 Å². The largest absolute Gasteiger partial charge is 0.391 e. The molecular formula is C45H64N12O10. The molecule has 8 amide bonds. The van der Waals surface area contributed by atoms with Gasteiger partial charge in [-0.2, -0.15) is 0 Å². The molecule has 2 aromatic carbocycles. The van der Waals surface area contributed by atoms with Crippen LogP contribution >= 0.6 is 0 Å². The number of rotatable bonds is 26. The number of carbonyl (C=O) groups is 8. The van der Waals surface area contributed by atoms with E-state index in [-0.39, 0.29) is 25.8 Å². The number of amides is 8. The lowest BCUT2D eigenvalue weighted by Gasteiger charge is -2.29. The predicted octanol–water partition coefficient (Wildman–Crippen LogP) is -2.42. The van der Waals surface area contributed by atoms with E-state index in [1.54, 1.807) is 56.6 Å². The second-order valence-corrected chi connectivity index (χ2v) is 17.0. The number of hydrogen-bond acceptors (Lipinski definition) is 12. The van der Waals surface area contributed by atoms with Crippen molar-refractivity contribution in [3.05, 3.63) is 72.1 Å². The van der Waals surface area contributed by atoms with Gasteiger partial charge in [-0.25, -0.2) is 0 Å². The summed E-state index contributed by atoms with van der Waals surface area (Å²) >= 11 is 0. The topological polar surface area (TPSA) is 385 Å². The highest BCUT2D eigenvalue weighted by Crippen LogP contribution is 2.21. The van der Waals surface area contributed by atoms with Crippen molar-refractivity contribution < 1.29 is 48.6 Å². The summed E-state index contributed by atoms with van der Waals surface area (Å²) in [6.07, 6.45) is 0.198. The molecule has 0 spiro atoms. The summed E-state index contributed by atoms with van der Waals surface area (Å²) in [4.78, 5) is 113. The monoisotopic (exact) mass is 932 g/mol. The van der Waals surface area contributed by atoms with Gasteiger partial charge < -0.3 is 75.0 Å². The SMILES string of the molecule is CC(C)C(NC(=O)C(Cc1c[nH]c2ccccc12)NC(=O)C(NC(=O)C(Cc1c[nH]c2ccccc12)NC(=O)C(NC(=O)C(CCCCN)NC(=O)C(N)CC(N)=O)C(C)O)C(C)O)C(N)=O. The van der Waals surface area contributed by atoms with Crippen LogP contribution in [0.1, 0.15) is 64.5 Å². The lowest BCUT2D eigenvalue weighted by molar-refractivity contribution is -0.137. The quantitative estimate of drug-likeness (QED) is 0.0293. The number of H-pyrrole nitrogens is 2. The van der Waals surface area contributed by atoms with Gasteiger partial charge >= 0.3 is 0 Å². The Kier molecular flexibility index (Phi) is 19.4. The van der Waals surface area contributed by atoms with Crippen molar-refractivity contribution >= 4 is 69.1 Å². The van der Waals surface area contributed by atoms with E-state index in [1.165, 1.54) is 13.8 Å². The first-order valence-corrected chi connectivity index (χ1v) is 22.0. The lowest BCUT2D eigenvalue weighted by atomic mass is 10.00. The van der Waals surface area contributed by atoms with E-state index in [4.69, 9.17) is 22.9 Å². The standard InChI is InChI=1S/C45H64N12O10/c1-22(2)36(39(49)61)55-42(64)33(17-25-20-50-30-13-7-5-11-27(25)30)53-45(67)38(24(4)59)57-43(65)34(18-26-21-51-31-14-8-6-12-28(26)31)54-44(66)37(23(3)58)56-41(63)32(15-9-10-16-46)52-40(62)29(47)19-35(48)60/h5-8,11-14,20-24,29,32-34,36-38,50-51,58-59H,9-10,15-19,46-47H2,1-4H3,(H2,48,60)(H2,49,61)(H,52,62)(H,53,67)(H,54,66)(H,55,64)(H,56,63)(H,57,65). The molecule has 0 aliphatic rings. The number of aromatic amines is 2. The molecule has 22 nitrogen and oxygen atoms in total. The maximum absolute atomic E-state index is 14.4. The van der Waals surface area contributed by atoms with Gasteiger partial charge in [-0.1, -0.05) is 50.2 Å². The predicted molar refractivity (Wildman–Crippen MR) is 248 cm³/mol. The molecule has 2 heterocycles. The highest BCUT2D eigenvalue weighted by Gasteiger charge is 2.37. The van der Waals surface area contributed by atoms with E-state index in [9.17, 15) is 48.6 Å². The maximum Gasteiger partial charge on any atom is 0.245 e. The number of primary amides is 2. The average molecular weight is 933 g/mol. The number of hydrogen-bond donors (Lipinski definition) is 14. The average Bonchev–Trinajstić information content (AvgIpc) is 3.88. The van der Waals surface area contributed by atoms with Crippen molar-refractivity contribution in [1.82, 2.24) is 41.9 Å². The third kappa shape index (κ3) is 14.8. The number of aliphatic hydroxyl groups excluding tert-OH is 2. The molecule has 4 rings (SSSR count). The number of unbranched alkanes of at least 4 members (excludes halogenated alkanes) is 1. The molecule has 9 atom stereocenters. The van der Waals surface area contributed by atoms with E-state index in [0.717, 1.165) is 10.9 Å². The minimum atomic E-state index is -1.73. The number of aliphatic hydroxyl groups is 2. The van der Waals surface area contributed by atoms with E-state index in [2.05, 4.69) is 41.9 Å². The fraction of sp³-hybridized carbons (Fsp3) is 0.467. The maximum atomic E-state index is 14.4. The Balaban J connectivity index is 1.63. The van der Waals surface area contributed by atoms with Crippen LogP contribution < -0.4 is 54.8 Å². The van der Waals surface area contributed by atoms with Crippen LogP contribution in [0.2, 0.25) is 0 Å². The molecule has 2 aromatic heterocycles. The Hall–Kier alpha value is -6.88. The van der Waals surface area contributed by atoms with E-state index < -0.39 is 114 Å². The molecule has 0 radical (unpaired) electrons. The molecule has 4 aromatic rings. The zero-order valence-corrected chi connectivity index (χ0v) is 38.0. The van der Waals surface area contributed by atoms with Gasteiger partial charge in [0.25, 0.3) is 0 Å². The minimum Gasteiger partial charge on any atom is -0.391 e. The minimum absolute atomic E-state index is 0.0361. The second kappa shape index (κ2) is 24.6. The van der Waals surface area contributed by atoms with Gasteiger partial charge in [-0.05, 0) is 68.8 Å². The molecule has 22 heteroatoms. The summed E-state index contributed by atoms with van der Waals surface area (Å²) in [6.45, 7) is 6.08. The summed E-state index contributed by atoms with van der Waals surface area (Å²) < 4.78 is 0. The summed E-state index contributed by atoms with van der Waals surface area (Å²) in [5, 5.41) is 38.4. The van der Waals surface area contributed by atoms with Crippen molar-refractivity contribution in [3.63, 3.8) is 0 Å². The Morgan fingerprint density at radius 1 is 0.567 bits per heavy atom. The molecule has 67 heavy (non-hydrogen) atoms. The summed E-state index contributed by atoms with van der Waals surface area (Å²) in [5.74, 6) is -7.60. The third-order valence-electron chi connectivity index (χ3n) is 11.2. The molecular weight excluding hydrogens is 869 g/mol. The zero-order valence-electron chi connectivity index (χ0n) is 38.0.